The molecule has 2 aromatic heterocycles. The Morgan fingerprint density at radius 1 is 1.33 bits per heavy atom. The van der Waals surface area contributed by atoms with E-state index >= 15 is 0 Å². The first-order valence-electron chi connectivity index (χ1n) is 8.93. The van der Waals surface area contributed by atoms with Crippen molar-refractivity contribution in [2.45, 2.75) is 43.2 Å². The average molecular weight is 392 g/mol. The lowest BCUT2D eigenvalue weighted by Crippen LogP contribution is -2.44. The van der Waals surface area contributed by atoms with Crippen LogP contribution in [0.1, 0.15) is 36.2 Å². The van der Waals surface area contributed by atoms with E-state index in [9.17, 15) is 13.2 Å². The molecule has 0 aliphatic carbocycles. The third-order valence-electron chi connectivity index (χ3n) is 4.67. The molecule has 0 aromatic carbocycles. The summed E-state index contributed by atoms with van der Waals surface area (Å²) in [5.74, 6) is -0.209. The predicted octanol–water partition coefficient (Wildman–Crippen LogP) is 1.01. The van der Waals surface area contributed by atoms with Crippen molar-refractivity contribution < 1.29 is 13.2 Å². The molecule has 1 fully saturated rings. The number of hydrogen-bond donors (Lipinski definition) is 0. The number of carbonyl (C=O) groups is 1. The Hall–Kier alpha value is -2.33. The largest absolute Gasteiger partial charge is 0.343 e. The van der Waals surface area contributed by atoms with Gasteiger partial charge in [0.25, 0.3) is 5.91 Å². The van der Waals surface area contributed by atoms with Crippen molar-refractivity contribution in [3.05, 3.63) is 36.4 Å². The second kappa shape index (κ2) is 8.13. The number of piperidine rings is 1. The summed E-state index contributed by atoms with van der Waals surface area (Å²) in [5.41, 5.74) is 0.281. The maximum absolute atomic E-state index is 13.0. The van der Waals surface area contributed by atoms with Gasteiger partial charge in [0.2, 0.25) is 10.0 Å². The van der Waals surface area contributed by atoms with E-state index < -0.39 is 10.0 Å². The molecular formula is C17H24N6O3S. The molecule has 1 aliphatic rings. The molecule has 146 valence electrons. The fraction of sp³-hybridized carbons (Fsp3) is 0.529. The topological polar surface area (TPSA) is 101 Å². The van der Waals surface area contributed by atoms with Gasteiger partial charge < -0.3 is 4.90 Å². The zero-order valence-electron chi connectivity index (χ0n) is 15.5. The monoisotopic (exact) mass is 392 g/mol. The van der Waals surface area contributed by atoms with Crippen LogP contribution < -0.4 is 0 Å². The van der Waals surface area contributed by atoms with E-state index in [1.165, 1.54) is 11.1 Å². The lowest BCUT2D eigenvalue weighted by molar-refractivity contribution is 0.0822. The number of sulfonamides is 1. The van der Waals surface area contributed by atoms with E-state index in [0.717, 1.165) is 19.3 Å². The fourth-order valence-corrected chi connectivity index (χ4v) is 4.92. The molecule has 0 bridgehead atoms. The molecule has 1 aliphatic heterocycles. The fourth-order valence-electron chi connectivity index (χ4n) is 3.23. The average Bonchev–Trinajstić information content (AvgIpc) is 3.15. The Morgan fingerprint density at radius 2 is 2.15 bits per heavy atom. The van der Waals surface area contributed by atoms with Crippen LogP contribution in [0.4, 0.5) is 0 Å². The third kappa shape index (κ3) is 4.33. The van der Waals surface area contributed by atoms with Gasteiger partial charge in [0.15, 0.2) is 5.69 Å². The summed E-state index contributed by atoms with van der Waals surface area (Å²) in [6.45, 7) is 1.00. The maximum atomic E-state index is 13.0. The van der Waals surface area contributed by atoms with Gasteiger partial charge >= 0.3 is 0 Å². The molecule has 10 heteroatoms. The number of carbonyl (C=O) groups excluding carboxylic acids is 1. The van der Waals surface area contributed by atoms with Crippen molar-refractivity contribution in [3.8, 4) is 0 Å². The maximum Gasteiger partial charge on any atom is 0.275 e. The first kappa shape index (κ1) is 19.4. The van der Waals surface area contributed by atoms with E-state index in [1.807, 2.05) is 0 Å². The minimum absolute atomic E-state index is 0.110. The highest BCUT2D eigenvalue weighted by atomic mass is 32.2. The van der Waals surface area contributed by atoms with Crippen molar-refractivity contribution >= 4 is 15.9 Å². The Balaban J connectivity index is 1.71. The van der Waals surface area contributed by atoms with E-state index in [0.29, 0.717) is 19.5 Å². The summed E-state index contributed by atoms with van der Waals surface area (Å²) in [6, 6.07) is 3.09. The van der Waals surface area contributed by atoms with Crippen molar-refractivity contribution in [1.82, 2.24) is 29.2 Å². The molecule has 9 nitrogen and oxygen atoms in total. The lowest BCUT2D eigenvalue weighted by atomic mass is 10.0. The van der Waals surface area contributed by atoms with Crippen LogP contribution in [0.25, 0.3) is 0 Å². The van der Waals surface area contributed by atoms with Gasteiger partial charge in [-0.15, -0.1) is 5.10 Å². The van der Waals surface area contributed by atoms with Crippen molar-refractivity contribution in [1.29, 1.82) is 0 Å². The SMILES string of the molecule is CN(C)C(=O)c1cn(CCC2CCCCN2S(=O)(=O)c2cccnc2)nn1. The predicted molar refractivity (Wildman–Crippen MR) is 98.4 cm³/mol. The highest BCUT2D eigenvalue weighted by Crippen LogP contribution is 2.27. The van der Waals surface area contributed by atoms with E-state index in [-0.39, 0.29) is 22.5 Å². The quantitative estimate of drug-likeness (QED) is 0.727. The van der Waals surface area contributed by atoms with Crippen LogP contribution in [0.3, 0.4) is 0 Å². The molecule has 0 saturated carbocycles. The molecule has 1 saturated heterocycles. The van der Waals surface area contributed by atoms with E-state index in [1.54, 1.807) is 47.6 Å². The molecule has 1 amide bonds. The first-order chi connectivity index (χ1) is 12.9. The van der Waals surface area contributed by atoms with Crippen LogP contribution >= 0.6 is 0 Å². The van der Waals surface area contributed by atoms with Gasteiger partial charge in [-0.1, -0.05) is 11.6 Å². The van der Waals surface area contributed by atoms with Crippen LogP contribution in [0, 0.1) is 0 Å². The second-order valence-electron chi connectivity index (χ2n) is 6.81. The number of rotatable bonds is 6. The number of pyridine rings is 1. The van der Waals surface area contributed by atoms with E-state index in [2.05, 4.69) is 15.3 Å². The molecule has 1 unspecified atom stereocenters. The number of aromatic nitrogens is 4. The molecule has 2 aromatic rings. The molecule has 0 radical (unpaired) electrons. The summed E-state index contributed by atoms with van der Waals surface area (Å²) in [6.07, 6.45) is 7.80. The minimum atomic E-state index is -3.57. The third-order valence-corrected chi connectivity index (χ3v) is 6.60. The molecule has 1 atom stereocenters. The minimum Gasteiger partial charge on any atom is -0.343 e. The smallest absolute Gasteiger partial charge is 0.275 e. The molecule has 3 heterocycles. The summed E-state index contributed by atoms with van der Waals surface area (Å²) in [4.78, 5) is 17.5. The van der Waals surface area contributed by atoms with Crippen molar-refractivity contribution in [2.24, 2.45) is 0 Å². The molecule has 3 rings (SSSR count). The van der Waals surface area contributed by atoms with Crippen LogP contribution in [0.15, 0.2) is 35.6 Å². The number of amides is 1. The summed E-state index contributed by atoms with van der Waals surface area (Å²) in [7, 11) is -0.256. The highest BCUT2D eigenvalue weighted by molar-refractivity contribution is 7.89. The Kier molecular flexibility index (Phi) is 5.85. The number of nitrogens with zero attached hydrogens (tertiary/aromatic N) is 6. The van der Waals surface area contributed by atoms with Gasteiger partial charge in [0.05, 0.1) is 6.20 Å². The van der Waals surface area contributed by atoms with Gasteiger partial charge in [-0.2, -0.15) is 4.31 Å². The Bertz CT molecular complexity index is 881. The molecule has 27 heavy (non-hydrogen) atoms. The van der Waals surface area contributed by atoms with Gasteiger partial charge in [0.1, 0.15) is 4.90 Å². The van der Waals surface area contributed by atoms with Crippen LogP contribution in [-0.4, -0.2) is 70.2 Å². The molecule has 0 N–H and O–H groups in total. The normalized spacial score (nSPS) is 18.4. The summed E-state index contributed by atoms with van der Waals surface area (Å²) in [5, 5.41) is 7.89. The number of aryl methyl sites for hydroxylation is 1. The molecule has 0 spiro atoms. The van der Waals surface area contributed by atoms with Crippen molar-refractivity contribution in [2.75, 3.05) is 20.6 Å². The summed E-state index contributed by atoms with van der Waals surface area (Å²) < 4.78 is 29.1. The van der Waals surface area contributed by atoms with Crippen LogP contribution in [0.2, 0.25) is 0 Å². The van der Waals surface area contributed by atoms with Gasteiger partial charge in [0, 0.05) is 45.6 Å². The van der Waals surface area contributed by atoms with Crippen LogP contribution in [-0.2, 0) is 16.6 Å². The van der Waals surface area contributed by atoms with E-state index in [4.69, 9.17) is 0 Å². The first-order valence-corrected chi connectivity index (χ1v) is 10.4. The standard InChI is InChI=1S/C17H24N6O3S/c1-21(2)17(24)16-13-22(20-19-16)11-8-14-6-3-4-10-23(14)27(25,26)15-7-5-9-18-12-15/h5,7,9,12-14H,3-4,6,8,10-11H2,1-2H3. The second-order valence-corrected chi connectivity index (χ2v) is 8.70. The Morgan fingerprint density at radius 3 is 2.85 bits per heavy atom. The lowest BCUT2D eigenvalue weighted by Gasteiger charge is -2.34. The zero-order chi connectivity index (χ0) is 19.4. The van der Waals surface area contributed by atoms with Gasteiger partial charge in [-0.3, -0.25) is 14.5 Å². The van der Waals surface area contributed by atoms with Crippen LogP contribution in [0.5, 0.6) is 0 Å². The Labute approximate surface area is 159 Å². The number of hydrogen-bond acceptors (Lipinski definition) is 6. The van der Waals surface area contributed by atoms with Gasteiger partial charge in [-0.05, 0) is 31.4 Å². The summed E-state index contributed by atoms with van der Waals surface area (Å²) >= 11 is 0. The zero-order valence-corrected chi connectivity index (χ0v) is 16.3. The van der Waals surface area contributed by atoms with Crippen molar-refractivity contribution in [3.63, 3.8) is 0 Å². The highest BCUT2D eigenvalue weighted by Gasteiger charge is 2.33. The van der Waals surface area contributed by atoms with Gasteiger partial charge in [-0.25, -0.2) is 8.42 Å². The molecular weight excluding hydrogens is 368 g/mol.